The highest BCUT2D eigenvalue weighted by Gasteiger charge is 2.26. The molecule has 0 amide bonds. The zero-order chi connectivity index (χ0) is 15.5. The largest absolute Gasteiger partial charge is 0.468 e. The molecular weight excluding hydrogens is 280 g/mol. The van der Waals surface area contributed by atoms with Crippen molar-refractivity contribution in [2.24, 2.45) is 0 Å². The fourth-order valence-electron chi connectivity index (χ4n) is 2.92. The number of ether oxygens (including phenoxy) is 1. The van der Waals surface area contributed by atoms with Gasteiger partial charge in [-0.3, -0.25) is 14.6 Å². The van der Waals surface area contributed by atoms with Gasteiger partial charge in [-0.05, 0) is 19.1 Å². The number of carbonyl (C=O) groups excluding carboxylic acids is 1. The summed E-state index contributed by atoms with van der Waals surface area (Å²) >= 11 is 0. The number of imidazole rings is 1. The molecule has 1 saturated heterocycles. The first kappa shape index (κ1) is 15.0. The van der Waals surface area contributed by atoms with E-state index in [1.807, 2.05) is 35.7 Å². The van der Waals surface area contributed by atoms with E-state index in [2.05, 4.69) is 21.0 Å². The molecule has 1 aliphatic heterocycles. The van der Waals surface area contributed by atoms with E-state index in [0.29, 0.717) is 0 Å². The molecule has 0 aliphatic carbocycles. The maximum Gasteiger partial charge on any atom is 0.322 e. The Hall–Kier alpha value is -1.92. The minimum absolute atomic E-state index is 0.159. The number of hydrogen-bond donors (Lipinski definition) is 0. The highest BCUT2D eigenvalue weighted by Crippen LogP contribution is 2.12. The predicted octanol–water partition coefficient (Wildman–Crippen LogP) is 1.01. The van der Waals surface area contributed by atoms with Crippen molar-refractivity contribution in [3.63, 3.8) is 0 Å². The van der Waals surface area contributed by atoms with Gasteiger partial charge in [-0.2, -0.15) is 0 Å². The molecule has 0 bridgehead atoms. The number of methoxy groups -OCH3 is 1. The van der Waals surface area contributed by atoms with Crippen molar-refractivity contribution in [1.82, 2.24) is 19.2 Å². The van der Waals surface area contributed by atoms with Gasteiger partial charge < -0.3 is 9.14 Å². The molecule has 1 aliphatic rings. The summed E-state index contributed by atoms with van der Waals surface area (Å²) in [5.74, 6) is -0.159. The monoisotopic (exact) mass is 302 g/mol. The summed E-state index contributed by atoms with van der Waals surface area (Å²) in [4.78, 5) is 20.8. The topological polar surface area (TPSA) is 50.1 Å². The van der Waals surface area contributed by atoms with Crippen LogP contribution >= 0.6 is 0 Å². The summed E-state index contributed by atoms with van der Waals surface area (Å²) in [6.45, 7) is 6.39. The lowest BCUT2D eigenvalue weighted by atomic mass is 10.2. The van der Waals surface area contributed by atoms with Gasteiger partial charge >= 0.3 is 5.97 Å². The molecule has 3 rings (SSSR count). The average molecular weight is 302 g/mol. The van der Waals surface area contributed by atoms with Crippen LogP contribution in [-0.4, -0.2) is 64.5 Å². The zero-order valence-corrected chi connectivity index (χ0v) is 13.1. The van der Waals surface area contributed by atoms with Gasteiger partial charge in [0.15, 0.2) is 0 Å². The standard InChI is InChI=1S/C16H22N4O2/c1-13(16(21)22-2)19-9-7-18(8-10-19)11-14-12-20-6-4-3-5-15(20)17-14/h3-6,12-13H,7-11H2,1-2H3/t13-/m1/s1. The molecule has 0 saturated carbocycles. The van der Waals surface area contributed by atoms with Crippen LogP contribution in [-0.2, 0) is 16.1 Å². The zero-order valence-electron chi connectivity index (χ0n) is 13.1. The van der Waals surface area contributed by atoms with Crippen LogP contribution in [0.25, 0.3) is 5.65 Å². The van der Waals surface area contributed by atoms with Gasteiger partial charge in [0.1, 0.15) is 11.7 Å². The summed E-state index contributed by atoms with van der Waals surface area (Å²) in [6, 6.07) is 5.85. The van der Waals surface area contributed by atoms with E-state index in [-0.39, 0.29) is 12.0 Å². The molecule has 6 nitrogen and oxygen atoms in total. The lowest BCUT2D eigenvalue weighted by Crippen LogP contribution is -2.51. The van der Waals surface area contributed by atoms with E-state index in [1.54, 1.807) is 0 Å². The van der Waals surface area contributed by atoms with E-state index >= 15 is 0 Å². The van der Waals surface area contributed by atoms with Gasteiger partial charge in [0.25, 0.3) is 0 Å². The van der Waals surface area contributed by atoms with Gasteiger partial charge in [0.05, 0.1) is 12.8 Å². The Morgan fingerprint density at radius 3 is 2.77 bits per heavy atom. The third kappa shape index (κ3) is 3.13. The lowest BCUT2D eigenvalue weighted by Gasteiger charge is -2.36. The Balaban J connectivity index is 1.56. The molecule has 0 N–H and O–H groups in total. The van der Waals surface area contributed by atoms with Crippen LogP contribution < -0.4 is 0 Å². The summed E-state index contributed by atoms with van der Waals surface area (Å²) in [5, 5.41) is 0. The number of carbonyl (C=O) groups is 1. The molecule has 0 spiro atoms. The summed E-state index contributed by atoms with van der Waals surface area (Å²) in [6.07, 6.45) is 4.10. The van der Waals surface area contributed by atoms with Crippen molar-refractivity contribution in [3.8, 4) is 0 Å². The van der Waals surface area contributed by atoms with E-state index < -0.39 is 0 Å². The minimum Gasteiger partial charge on any atom is -0.468 e. The highest BCUT2D eigenvalue weighted by molar-refractivity contribution is 5.75. The molecule has 0 aromatic carbocycles. The Morgan fingerprint density at radius 1 is 1.32 bits per heavy atom. The maximum atomic E-state index is 11.6. The van der Waals surface area contributed by atoms with Crippen LogP contribution in [0.2, 0.25) is 0 Å². The molecule has 6 heteroatoms. The number of piperazine rings is 1. The van der Waals surface area contributed by atoms with Crippen LogP contribution in [0, 0.1) is 0 Å². The Kier molecular flexibility index (Phi) is 4.40. The Morgan fingerprint density at radius 2 is 2.09 bits per heavy atom. The van der Waals surface area contributed by atoms with Crippen LogP contribution in [0.1, 0.15) is 12.6 Å². The number of aromatic nitrogens is 2. The van der Waals surface area contributed by atoms with Crippen molar-refractivity contribution in [1.29, 1.82) is 0 Å². The van der Waals surface area contributed by atoms with Crippen LogP contribution in [0.3, 0.4) is 0 Å². The second kappa shape index (κ2) is 6.46. The number of fused-ring (bicyclic) bond motifs is 1. The summed E-state index contributed by atoms with van der Waals surface area (Å²) in [7, 11) is 1.44. The number of rotatable bonds is 4. The maximum absolute atomic E-state index is 11.6. The van der Waals surface area contributed by atoms with E-state index in [9.17, 15) is 4.79 Å². The molecule has 2 aromatic heterocycles. The molecule has 1 fully saturated rings. The Labute approximate surface area is 130 Å². The van der Waals surface area contributed by atoms with Crippen molar-refractivity contribution in [2.75, 3.05) is 33.3 Å². The third-order valence-corrected chi connectivity index (χ3v) is 4.30. The van der Waals surface area contributed by atoms with E-state index in [4.69, 9.17) is 4.74 Å². The van der Waals surface area contributed by atoms with Gasteiger partial charge in [0, 0.05) is 45.1 Å². The lowest BCUT2D eigenvalue weighted by molar-refractivity contribution is -0.147. The van der Waals surface area contributed by atoms with Crippen LogP contribution in [0.4, 0.5) is 0 Å². The van der Waals surface area contributed by atoms with Gasteiger partial charge in [0.2, 0.25) is 0 Å². The predicted molar refractivity (Wildman–Crippen MR) is 83.5 cm³/mol. The molecule has 2 aromatic rings. The van der Waals surface area contributed by atoms with Crippen molar-refractivity contribution in [3.05, 3.63) is 36.3 Å². The van der Waals surface area contributed by atoms with Crippen molar-refractivity contribution < 1.29 is 9.53 Å². The van der Waals surface area contributed by atoms with E-state index in [0.717, 1.165) is 44.1 Å². The number of esters is 1. The average Bonchev–Trinajstić information content (AvgIpc) is 2.96. The molecule has 118 valence electrons. The smallest absolute Gasteiger partial charge is 0.322 e. The summed E-state index contributed by atoms with van der Waals surface area (Å²) in [5.41, 5.74) is 2.07. The van der Waals surface area contributed by atoms with E-state index in [1.165, 1.54) is 7.11 Å². The molecule has 3 heterocycles. The molecule has 0 unspecified atom stereocenters. The molecule has 22 heavy (non-hydrogen) atoms. The fraction of sp³-hybridized carbons (Fsp3) is 0.500. The van der Waals surface area contributed by atoms with Gasteiger partial charge in [-0.25, -0.2) is 4.98 Å². The number of nitrogens with zero attached hydrogens (tertiary/aromatic N) is 4. The third-order valence-electron chi connectivity index (χ3n) is 4.30. The minimum atomic E-state index is -0.164. The first-order chi connectivity index (χ1) is 10.7. The van der Waals surface area contributed by atoms with Crippen molar-refractivity contribution in [2.45, 2.75) is 19.5 Å². The highest BCUT2D eigenvalue weighted by atomic mass is 16.5. The SMILES string of the molecule is COC(=O)[C@@H](C)N1CCN(Cc2cn3ccccc3n2)CC1. The van der Waals surface area contributed by atoms with Gasteiger partial charge in [-0.1, -0.05) is 6.07 Å². The summed E-state index contributed by atoms with van der Waals surface area (Å²) < 4.78 is 6.86. The number of pyridine rings is 1. The second-order valence-corrected chi connectivity index (χ2v) is 5.71. The van der Waals surface area contributed by atoms with Gasteiger partial charge in [-0.15, -0.1) is 0 Å². The fourth-order valence-corrected chi connectivity index (χ4v) is 2.92. The van der Waals surface area contributed by atoms with Crippen LogP contribution in [0.5, 0.6) is 0 Å². The molecular formula is C16H22N4O2. The Bertz CT molecular complexity index is 613. The number of hydrogen-bond acceptors (Lipinski definition) is 5. The molecule has 1 atom stereocenters. The molecule has 0 radical (unpaired) electrons. The normalized spacial score (nSPS) is 18.5. The first-order valence-corrected chi connectivity index (χ1v) is 7.64. The van der Waals surface area contributed by atoms with Crippen molar-refractivity contribution >= 4 is 11.6 Å². The quantitative estimate of drug-likeness (QED) is 0.789. The van der Waals surface area contributed by atoms with Crippen LogP contribution in [0.15, 0.2) is 30.6 Å². The second-order valence-electron chi connectivity index (χ2n) is 5.71. The first-order valence-electron chi connectivity index (χ1n) is 7.64.